The van der Waals surface area contributed by atoms with E-state index in [1.54, 1.807) is 32.4 Å². The summed E-state index contributed by atoms with van der Waals surface area (Å²) in [6.45, 7) is 0. The van der Waals surface area contributed by atoms with Crippen LogP contribution in [0.4, 0.5) is 11.4 Å². The van der Waals surface area contributed by atoms with Crippen molar-refractivity contribution in [2.75, 3.05) is 30.6 Å². The van der Waals surface area contributed by atoms with Gasteiger partial charge in [0.25, 0.3) is 0 Å². The van der Waals surface area contributed by atoms with Crippen LogP contribution in [0.3, 0.4) is 0 Å². The largest absolute Gasteiger partial charge is 0.497 e. The van der Waals surface area contributed by atoms with E-state index in [0.29, 0.717) is 17.2 Å². The number of carbonyl (C=O) groups is 1. The number of ether oxygens (including phenoxy) is 2. The lowest BCUT2D eigenvalue weighted by Gasteiger charge is -2.36. The molecule has 1 aliphatic heterocycles. The Morgan fingerprint density at radius 1 is 1.10 bits per heavy atom. The van der Waals surface area contributed by atoms with Crippen LogP contribution < -0.4 is 20.1 Å². The summed E-state index contributed by atoms with van der Waals surface area (Å²) in [4.78, 5) is 17.9. The van der Waals surface area contributed by atoms with Gasteiger partial charge in [-0.15, -0.1) is 0 Å². The number of benzene rings is 2. The van der Waals surface area contributed by atoms with Crippen molar-refractivity contribution in [3.8, 4) is 11.5 Å². The van der Waals surface area contributed by atoms with E-state index in [1.807, 2.05) is 12.1 Å². The summed E-state index contributed by atoms with van der Waals surface area (Å²) in [5.74, 6) is 1.42. The summed E-state index contributed by atoms with van der Waals surface area (Å²) in [7, 11) is 3.18. The lowest BCUT2D eigenvalue weighted by molar-refractivity contribution is -0.113. The molecule has 1 aliphatic carbocycles. The number of thioether (sulfide) groups is 1. The molecule has 0 unspecified atom stereocenters. The van der Waals surface area contributed by atoms with Crippen molar-refractivity contribution in [1.82, 2.24) is 0 Å². The topological polar surface area (TPSA) is 72.0 Å². The summed E-state index contributed by atoms with van der Waals surface area (Å²) in [6, 6.07) is 13.6. The second-order valence-corrected chi connectivity index (χ2v) is 8.90. The van der Waals surface area contributed by atoms with E-state index < -0.39 is 0 Å². The summed E-state index contributed by atoms with van der Waals surface area (Å²) in [5, 5.41) is 7.59. The monoisotopic (exact) mass is 439 g/mol. The van der Waals surface area contributed by atoms with Crippen molar-refractivity contribution < 1.29 is 14.3 Å². The summed E-state index contributed by atoms with van der Waals surface area (Å²) < 4.78 is 10.6. The van der Waals surface area contributed by atoms with Crippen LogP contribution in [0, 0.1) is 0 Å². The fourth-order valence-electron chi connectivity index (χ4n) is 4.20. The van der Waals surface area contributed by atoms with Gasteiger partial charge in [-0.05, 0) is 43.9 Å². The molecule has 164 valence electrons. The maximum absolute atomic E-state index is 12.8. The minimum Gasteiger partial charge on any atom is -0.497 e. The predicted octanol–water partition coefficient (Wildman–Crippen LogP) is 5.30. The van der Waals surface area contributed by atoms with Gasteiger partial charge in [-0.25, -0.2) is 4.99 Å². The highest BCUT2D eigenvalue weighted by Crippen LogP contribution is 2.39. The molecular formula is C24H29N3O3S. The number of anilines is 2. The SMILES string of the molecule is COc1ccc(OC)c(NC(=O)CSC2=NC3(CCCCCC3)Nc3ccccc32)c1. The molecule has 2 N–H and O–H groups in total. The molecule has 2 aromatic rings. The zero-order valence-corrected chi connectivity index (χ0v) is 18.9. The highest BCUT2D eigenvalue weighted by atomic mass is 32.2. The summed E-state index contributed by atoms with van der Waals surface area (Å²) >= 11 is 1.49. The molecule has 0 bridgehead atoms. The normalized spacial score (nSPS) is 17.0. The molecule has 7 heteroatoms. The Morgan fingerprint density at radius 2 is 1.87 bits per heavy atom. The number of fused-ring (bicyclic) bond motifs is 1. The molecule has 0 aromatic heterocycles. The zero-order valence-electron chi connectivity index (χ0n) is 18.1. The molecule has 1 saturated carbocycles. The molecule has 0 radical (unpaired) electrons. The van der Waals surface area contributed by atoms with Crippen LogP contribution in [0.1, 0.15) is 44.1 Å². The Morgan fingerprint density at radius 3 is 2.61 bits per heavy atom. The van der Waals surface area contributed by atoms with Gasteiger partial charge in [0.05, 0.1) is 25.7 Å². The number of rotatable bonds is 5. The van der Waals surface area contributed by atoms with E-state index >= 15 is 0 Å². The van der Waals surface area contributed by atoms with Gasteiger partial charge >= 0.3 is 0 Å². The van der Waals surface area contributed by atoms with Crippen molar-refractivity contribution >= 4 is 34.1 Å². The molecule has 0 saturated heterocycles. The van der Waals surface area contributed by atoms with Gasteiger partial charge in [-0.2, -0.15) is 0 Å². The third-order valence-electron chi connectivity index (χ3n) is 5.79. The lowest BCUT2D eigenvalue weighted by atomic mass is 9.97. The van der Waals surface area contributed by atoms with Crippen LogP contribution in [-0.4, -0.2) is 36.6 Å². The summed E-state index contributed by atoms with van der Waals surface area (Å²) in [5.41, 5.74) is 2.52. The number of hydrogen-bond donors (Lipinski definition) is 2. The first-order valence-electron chi connectivity index (χ1n) is 10.7. The molecule has 31 heavy (non-hydrogen) atoms. The van der Waals surface area contributed by atoms with Crippen molar-refractivity contribution in [3.05, 3.63) is 48.0 Å². The number of nitrogens with zero attached hydrogens (tertiary/aromatic N) is 1. The third kappa shape index (κ3) is 4.98. The average molecular weight is 440 g/mol. The van der Waals surface area contributed by atoms with Crippen LogP contribution >= 0.6 is 11.8 Å². The minimum atomic E-state index is -0.250. The van der Waals surface area contributed by atoms with Crippen LogP contribution in [0.2, 0.25) is 0 Å². The highest BCUT2D eigenvalue weighted by Gasteiger charge is 2.35. The maximum atomic E-state index is 12.8. The van der Waals surface area contributed by atoms with E-state index in [0.717, 1.165) is 29.1 Å². The van der Waals surface area contributed by atoms with E-state index in [2.05, 4.69) is 22.8 Å². The Balaban J connectivity index is 1.51. The van der Waals surface area contributed by atoms with Gasteiger partial charge < -0.3 is 20.1 Å². The van der Waals surface area contributed by atoms with Crippen LogP contribution in [0.5, 0.6) is 11.5 Å². The van der Waals surface area contributed by atoms with E-state index in [1.165, 1.54) is 37.4 Å². The Labute approximate surface area is 187 Å². The summed E-state index contributed by atoms with van der Waals surface area (Å²) in [6.07, 6.45) is 6.92. The number of methoxy groups -OCH3 is 2. The van der Waals surface area contributed by atoms with Crippen LogP contribution in [-0.2, 0) is 4.79 Å². The van der Waals surface area contributed by atoms with Gasteiger partial charge in [0.15, 0.2) is 0 Å². The fourth-order valence-corrected chi connectivity index (χ4v) is 5.12. The van der Waals surface area contributed by atoms with Crippen molar-refractivity contribution in [2.45, 2.75) is 44.2 Å². The number of carbonyl (C=O) groups excluding carboxylic acids is 1. The van der Waals surface area contributed by atoms with E-state index in [-0.39, 0.29) is 17.3 Å². The number of para-hydroxylation sites is 1. The number of nitrogens with one attached hydrogen (secondary N) is 2. The Hall–Kier alpha value is -2.67. The van der Waals surface area contributed by atoms with Gasteiger partial charge in [0.2, 0.25) is 5.91 Å². The Bertz CT molecular complexity index is 968. The molecule has 1 spiro atoms. The van der Waals surface area contributed by atoms with Crippen molar-refractivity contribution in [3.63, 3.8) is 0 Å². The average Bonchev–Trinajstić information content (AvgIpc) is 3.02. The predicted molar refractivity (Wildman–Crippen MR) is 128 cm³/mol. The van der Waals surface area contributed by atoms with Crippen molar-refractivity contribution in [2.24, 2.45) is 4.99 Å². The quantitative estimate of drug-likeness (QED) is 0.662. The number of hydrogen-bond acceptors (Lipinski definition) is 6. The first-order chi connectivity index (χ1) is 15.1. The number of amides is 1. The molecule has 6 nitrogen and oxygen atoms in total. The van der Waals surface area contributed by atoms with Crippen molar-refractivity contribution in [1.29, 1.82) is 0 Å². The Kier molecular flexibility index (Phi) is 6.70. The third-order valence-corrected chi connectivity index (χ3v) is 6.78. The van der Waals surface area contributed by atoms with Gasteiger partial charge in [-0.1, -0.05) is 42.8 Å². The fraction of sp³-hybridized carbons (Fsp3) is 0.417. The molecule has 1 amide bonds. The molecule has 1 fully saturated rings. The molecule has 0 atom stereocenters. The second-order valence-electron chi connectivity index (χ2n) is 7.94. The molecule has 1 heterocycles. The van der Waals surface area contributed by atoms with Crippen LogP contribution in [0.15, 0.2) is 47.5 Å². The second kappa shape index (κ2) is 9.64. The molecule has 2 aromatic carbocycles. The first kappa shape index (κ1) is 21.6. The lowest BCUT2D eigenvalue weighted by Crippen LogP contribution is -2.40. The zero-order chi connectivity index (χ0) is 21.7. The van der Waals surface area contributed by atoms with Gasteiger partial charge in [-0.3, -0.25) is 4.79 Å². The maximum Gasteiger partial charge on any atom is 0.234 e. The standard InChI is InChI=1S/C24H29N3O3S/c1-29-17-11-12-21(30-2)20(15-17)25-22(28)16-31-23-18-9-5-6-10-19(18)26-24(27-23)13-7-3-4-8-14-24/h5-6,9-12,15,26H,3-4,7-8,13-14,16H2,1-2H3,(H,25,28). The molecule has 4 rings (SSSR count). The van der Waals surface area contributed by atoms with Gasteiger partial charge in [0, 0.05) is 17.3 Å². The molecule has 2 aliphatic rings. The minimum absolute atomic E-state index is 0.106. The smallest absolute Gasteiger partial charge is 0.234 e. The van der Waals surface area contributed by atoms with E-state index in [9.17, 15) is 4.79 Å². The molecular weight excluding hydrogens is 410 g/mol. The highest BCUT2D eigenvalue weighted by molar-refractivity contribution is 8.15. The first-order valence-corrected chi connectivity index (χ1v) is 11.7. The van der Waals surface area contributed by atoms with Gasteiger partial charge in [0.1, 0.15) is 22.2 Å². The van der Waals surface area contributed by atoms with E-state index in [4.69, 9.17) is 14.5 Å². The number of aliphatic imine (C=N–C) groups is 1. The van der Waals surface area contributed by atoms with Crippen LogP contribution in [0.25, 0.3) is 0 Å².